The first-order valence-corrected chi connectivity index (χ1v) is 8.34. The Kier molecular flexibility index (Phi) is 7.15. The van der Waals surface area contributed by atoms with Crippen LogP contribution in [0.5, 0.6) is 0 Å². The number of nitrogens with two attached hydrogens (primary N) is 1. The van der Waals surface area contributed by atoms with Crippen LogP contribution in [-0.2, 0) is 21.2 Å². The molecule has 114 valence electrons. The van der Waals surface area contributed by atoms with E-state index in [1.54, 1.807) is 12.1 Å². The molecule has 0 heterocycles. The summed E-state index contributed by atoms with van der Waals surface area (Å²) in [5, 5.41) is 0. The molecule has 0 radical (unpaired) electrons. The molecule has 0 aliphatic rings. The predicted molar refractivity (Wildman–Crippen MR) is 80.1 cm³/mol. The Morgan fingerprint density at radius 3 is 2.45 bits per heavy atom. The first-order valence-electron chi connectivity index (χ1n) is 6.86. The molecule has 0 amide bonds. The molecule has 0 unspecified atom stereocenters. The molecule has 0 saturated carbocycles. The molecule has 0 aliphatic carbocycles. The lowest BCUT2D eigenvalue weighted by Crippen LogP contribution is -2.28. The van der Waals surface area contributed by atoms with Crippen LogP contribution in [0.4, 0.5) is 0 Å². The van der Waals surface area contributed by atoms with E-state index in [9.17, 15) is 8.42 Å². The minimum atomic E-state index is -3.45. The highest BCUT2D eigenvalue weighted by Crippen LogP contribution is 2.11. The summed E-state index contributed by atoms with van der Waals surface area (Å²) in [6.07, 6.45) is 1.87. The van der Waals surface area contributed by atoms with Crippen molar-refractivity contribution in [1.82, 2.24) is 4.72 Å². The van der Waals surface area contributed by atoms with Crippen molar-refractivity contribution in [2.75, 3.05) is 19.7 Å². The van der Waals surface area contributed by atoms with Gasteiger partial charge in [0.1, 0.15) is 0 Å². The Bertz CT molecular complexity index is 484. The highest BCUT2D eigenvalue weighted by molar-refractivity contribution is 7.89. The first-order chi connectivity index (χ1) is 9.45. The van der Waals surface area contributed by atoms with E-state index in [1.807, 2.05) is 26.0 Å². The highest BCUT2D eigenvalue weighted by Gasteiger charge is 2.12. The second-order valence-corrected chi connectivity index (χ2v) is 6.62. The van der Waals surface area contributed by atoms with E-state index in [-0.39, 0.29) is 17.5 Å². The van der Waals surface area contributed by atoms with Crippen LogP contribution in [0.3, 0.4) is 0 Å². The molecule has 1 aromatic rings. The third-order valence-electron chi connectivity index (χ3n) is 2.75. The fraction of sp³-hybridized carbons (Fsp3) is 0.571. The maximum atomic E-state index is 12.0. The molecule has 3 N–H and O–H groups in total. The number of ether oxygens (including phenoxy) is 1. The summed E-state index contributed by atoms with van der Waals surface area (Å²) in [7, 11) is -3.45. The van der Waals surface area contributed by atoms with E-state index in [4.69, 9.17) is 10.5 Å². The van der Waals surface area contributed by atoms with Crippen LogP contribution < -0.4 is 10.5 Å². The molecular formula is C14H24N2O3S. The Labute approximate surface area is 121 Å². The van der Waals surface area contributed by atoms with Crippen molar-refractivity contribution in [1.29, 1.82) is 0 Å². The lowest BCUT2D eigenvalue weighted by atomic mass is 10.1. The van der Waals surface area contributed by atoms with E-state index in [1.165, 1.54) is 0 Å². The van der Waals surface area contributed by atoms with Crippen LogP contribution in [0.1, 0.15) is 25.8 Å². The van der Waals surface area contributed by atoms with Gasteiger partial charge in [-0.2, -0.15) is 0 Å². The molecule has 0 bridgehead atoms. The van der Waals surface area contributed by atoms with Crippen molar-refractivity contribution in [3.05, 3.63) is 29.8 Å². The van der Waals surface area contributed by atoms with Gasteiger partial charge in [0.2, 0.25) is 10.0 Å². The minimum Gasteiger partial charge on any atom is -0.377 e. The van der Waals surface area contributed by atoms with Crippen LogP contribution in [0, 0.1) is 0 Å². The molecule has 5 nitrogen and oxygen atoms in total. The molecule has 1 rings (SSSR count). The molecule has 0 fully saturated rings. The van der Waals surface area contributed by atoms with Gasteiger partial charge in [-0.3, -0.25) is 0 Å². The lowest BCUT2D eigenvalue weighted by molar-refractivity contribution is 0.0834. The number of nitrogens with one attached hydrogen (secondary N) is 1. The molecule has 0 atom stereocenters. The number of sulfonamides is 1. The van der Waals surface area contributed by atoms with Gasteiger partial charge in [-0.15, -0.1) is 0 Å². The standard InChI is InChI=1S/C14H24N2O3S/c1-12(2)19-11-10-16-20(17,18)14-7-5-13(6-8-14)4-3-9-15/h5-8,12,16H,3-4,9-11,15H2,1-2H3. The van der Waals surface area contributed by atoms with Crippen molar-refractivity contribution >= 4 is 10.0 Å². The summed E-state index contributed by atoms with van der Waals surface area (Å²) in [5.41, 5.74) is 6.54. The summed E-state index contributed by atoms with van der Waals surface area (Å²) in [4.78, 5) is 0.276. The zero-order valence-electron chi connectivity index (χ0n) is 12.1. The Hall–Kier alpha value is -0.950. The summed E-state index contributed by atoms with van der Waals surface area (Å²) in [6, 6.07) is 6.90. The van der Waals surface area contributed by atoms with Crippen molar-refractivity contribution in [2.45, 2.75) is 37.7 Å². The second-order valence-electron chi connectivity index (χ2n) is 4.85. The van der Waals surface area contributed by atoms with Crippen LogP contribution in [0.15, 0.2) is 29.2 Å². The van der Waals surface area contributed by atoms with Gasteiger partial charge in [0.15, 0.2) is 0 Å². The third-order valence-corrected chi connectivity index (χ3v) is 4.23. The number of benzene rings is 1. The quantitative estimate of drug-likeness (QED) is 0.673. The maximum absolute atomic E-state index is 12.0. The van der Waals surface area contributed by atoms with Crippen LogP contribution >= 0.6 is 0 Å². The smallest absolute Gasteiger partial charge is 0.240 e. The summed E-state index contributed by atoms with van der Waals surface area (Å²) < 4.78 is 31.8. The zero-order chi connectivity index (χ0) is 15.0. The SMILES string of the molecule is CC(C)OCCNS(=O)(=O)c1ccc(CCCN)cc1. The van der Waals surface area contributed by atoms with E-state index < -0.39 is 10.0 Å². The van der Waals surface area contributed by atoms with Gasteiger partial charge >= 0.3 is 0 Å². The van der Waals surface area contributed by atoms with E-state index in [2.05, 4.69) is 4.72 Å². The van der Waals surface area contributed by atoms with Crippen molar-refractivity contribution in [2.24, 2.45) is 5.73 Å². The molecule has 0 saturated heterocycles. The summed E-state index contributed by atoms with van der Waals surface area (Å²) in [5.74, 6) is 0. The van der Waals surface area contributed by atoms with Crippen molar-refractivity contribution < 1.29 is 13.2 Å². The average Bonchev–Trinajstić information content (AvgIpc) is 2.42. The van der Waals surface area contributed by atoms with Gasteiger partial charge in [0, 0.05) is 6.54 Å². The molecule has 20 heavy (non-hydrogen) atoms. The average molecular weight is 300 g/mol. The number of aryl methyl sites for hydroxylation is 1. The summed E-state index contributed by atoms with van der Waals surface area (Å²) in [6.45, 7) is 5.10. The van der Waals surface area contributed by atoms with Gasteiger partial charge in [-0.05, 0) is 50.9 Å². The first kappa shape index (κ1) is 17.1. The normalized spacial score (nSPS) is 12.0. The monoisotopic (exact) mass is 300 g/mol. The highest BCUT2D eigenvalue weighted by atomic mass is 32.2. The fourth-order valence-corrected chi connectivity index (χ4v) is 2.71. The van der Waals surface area contributed by atoms with Crippen LogP contribution in [0.25, 0.3) is 0 Å². The second kappa shape index (κ2) is 8.36. The largest absolute Gasteiger partial charge is 0.377 e. The fourth-order valence-electron chi connectivity index (χ4n) is 1.70. The Balaban J connectivity index is 2.54. The predicted octanol–water partition coefficient (Wildman–Crippen LogP) is 1.28. The Morgan fingerprint density at radius 1 is 1.25 bits per heavy atom. The molecule has 0 aliphatic heterocycles. The molecule has 0 spiro atoms. The third kappa shape index (κ3) is 6.00. The van der Waals surface area contributed by atoms with Crippen LogP contribution in [0.2, 0.25) is 0 Å². The number of hydrogen-bond acceptors (Lipinski definition) is 4. The van der Waals surface area contributed by atoms with E-state index in [0.29, 0.717) is 13.2 Å². The number of hydrogen-bond donors (Lipinski definition) is 2. The van der Waals surface area contributed by atoms with E-state index in [0.717, 1.165) is 18.4 Å². The van der Waals surface area contributed by atoms with E-state index >= 15 is 0 Å². The van der Waals surface area contributed by atoms with Gasteiger partial charge in [-0.1, -0.05) is 12.1 Å². The van der Waals surface area contributed by atoms with Crippen LogP contribution in [-0.4, -0.2) is 34.2 Å². The molecule has 1 aromatic carbocycles. The molecular weight excluding hydrogens is 276 g/mol. The Morgan fingerprint density at radius 2 is 1.90 bits per heavy atom. The minimum absolute atomic E-state index is 0.0985. The molecule has 6 heteroatoms. The molecule has 0 aromatic heterocycles. The topological polar surface area (TPSA) is 81.4 Å². The van der Waals surface area contributed by atoms with Crippen molar-refractivity contribution in [3.63, 3.8) is 0 Å². The number of rotatable bonds is 9. The zero-order valence-corrected chi connectivity index (χ0v) is 12.9. The lowest BCUT2D eigenvalue weighted by Gasteiger charge is -2.10. The van der Waals surface area contributed by atoms with Crippen molar-refractivity contribution in [3.8, 4) is 0 Å². The van der Waals surface area contributed by atoms with Gasteiger partial charge in [0.05, 0.1) is 17.6 Å². The van der Waals surface area contributed by atoms with Gasteiger partial charge in [-0.25, -0.2) is 13.1 Å². The summed E-state index contributed by atoms with van der Waals surface area (Å²) >= 11 is 0. The maximum Gasteiger partial charge on any atom is 0.240 e. The van der Waals surface area contributed by atoms with Gasteiger partial charge in [0.25, 0.3) is 0 Å². The van der Waals surface area contributed by atoms with Gasteiger partial charge < -0.3 is 10.5 Å².